The van der Waals surface area contributed by atoms with Crippen LogP contribution >= 0.6 is 11.3 Å². The number of anilines is 2. The molecule has 1 aliphatic heterocycles. The number of aromatic nitrogens is 1. The quantitative estimate of drug-likeness (QED) is 0.667. The summed E-state index contributed by atoms with van der Waals surface area (Å²) in [5.41, 5.74) is 4.55. The average molecular weight is 453 g/mol. The fourth-order valence-electron chi connectivity index (χ4n) is 4.54. The van der Waals surface area contributed by atoms with Crippen LogP contribution in [0.4, 0.5) is 10.8 Å². The molecular formula is C23H28N6O2S. The first-order valence-corrected chi connectivity index (χ1v) is 12.0. The van der Waals surface area contributed by atoms with E-state index >= 15 is 0 Å². The van der Waals surface area contributed by atoms with E-state index in [0.29, 0.717) is 36.1 Å². The van der Waals surface area contributed by atoms with Crippen LogP contribution in [-0.4, -0.2) is 52.4 Å². The molecule has 0 spiro atoms. The van der Waals surface area contributed by atoms with E-state index in [1.54, 1.807) is 23.2 Å². The monoisotopic (exact) mass is 452 g/mol. The van der Waals surface area contributed by atoms with Crippen molar-refractivity contribution in [3.05, 3.63) is 41.4 Å². The van der Waals surface area contributed by atoms with Gasteiger partial charge in [-0.25, -0.2) is 9.99 Å². The third kappa shape index (κ3) is 5.64. The first-order chi connectivity index (χ1) is 15.6. The second-order valence-electron chi connectivity index (χ2n) is 8.40. The zero-order valence-corrected chi connectivity index (χ0v) is 18.8. The van der Waals surface area contributed by atoms with Gasteiger partial charge in [0.05, 0.1) is 23.9 Å². The van der Waals surface area contributed by atoms with Crippen molar-refractivity contribution in [2.75, 3.05) is 30.4 Å². The molecule has 8 nitrogen and oxygen atoms in total. The molecule has 1 aromatic carbocycles. The smallest absolute Gasteiger partial charge is 0.248 e. The van der Waals surface area contributed by atoms with Crippen LogP contribution in [0.25, 0.3) is 0 Å². The fourth-order valence-corrected chi connectivity index (χ4v) is 5.07. The highest BCUT2D eigenvalue weighted by atomic mass is 32.1. The van der Waals surface area contributed by atoms with Crippen molar-refractivity contribution in [2.24, 2.45) is 5.92 Å². The van der Waals surface area contributed by atoms with E-state index in [1.807, 2.05) is 22.5 Å². The highest BCUT2D eigenvalue weighted by Crippen LogP contribution is 2.30. The number of thiazole rings is 1. The van der Waals surface area contributed by atoms with Gasteiger partial charge in [-0.3, -0.25) is 9.59 Å². The Balaban J connectivity index is 1.43. The molecule has 0 bridgehead atoms. The van der Waals surface area contributed by atoms with Crippen LogP contribution < -0.4 is 10.7 Å². The maximum absolute atomic E-state index is 13.2. The van der Waals surface area contributed by atoms with Crippen LogP contribution in [0.1, 0.15) is 44.1 Å². The fraction of sp³-hybridized carbons (Fsp3) is 0.478. The Morgan fingerprint density at radius 2 is 2.12 bits per heavy atom. The molecule has 32 heavy (non-hydrogen) atoms. The third-order valence-corrected chi connectivity index (χ3v) is 6.85. The zero-order valence-electron chi connectivity index (χ0n) is 18.0. The number of hydrogen-bond acceptors (Lipinski definition) is 7. The molecule has 1 saturated heterocycles. The molecule has 1 aliphatic carbocycles. The lowest BCUT2D eigenvalue weighted by Gasteiger charge is -2.40. The lowest BCUT2D eigenvalue weighted by molar-refractivity contribution is -0.143. The summed E-state index contributed by atoms with van der Waals surface area (Å²) in [6.45, 7) is 1.23. The van der Waals surface area contributed by atoms with Gasteiger partial charge in [0, 0.05) is 24.7 Å². The molecule has 2 heterocycles. The number of piperazine rings is 1. The minimum absolute atomic E-state index is 0.0738. The van der Waals surface area contributed by atoms with E-state index in [2.05, 4.69) is 21.8 Å². The van der Waals surface area contributed by atoms with E-state index in [1.165, 1.54) is 30.6 Å². The number of benzene rings is 1. The second kappa shape index (κ2) is 10.6. The van der Waals surface area contributed by atoms with Gasteiger partial charge in [0.2, 0.25) is 11.8 Å². The summed E-state index contributed by atoms with van der Waals surface area (Å²) in [4.78, 5) is 32.2. The van der Waals surface area contributed by atoms with Crippen LogP contribution in [0.3, 0.4) is 0 Å². The number of nitrogens with zero attached hydrogens (tertiary/aromatic N) is 4. The summed E-state index contributed by atoms with van der Waals surface area (Å²) >= 11 is 1.38. The third-order valence-electron chi connectivity index (χ3n) is 6.16. The molecule has 1 aromatic heterocycles. The predicted molar refractivity (Wildman–Crippen MR) is 124 cm³/mol. The zero-order chi connectivity index (χ0) is 22.3. The number of hydrogen-bond donors (Lipinski definition) is 2. The number of hydrazine groups is 1. The van der Waals surface area contributed by atoms with Gasteiger partial charge in [-0.2, -0.15) is 5.26 Å². The Bertz CT molecular complexity index is 967. The molecule has 2 amide bonds. The summed E-state index contributed by atoms with van der Waals surface area (Å²) in [7, 11) is 0. The van der Waals surface area contributed by atoms with E-state index < -0.39 is 6.04 Å². The van der Waals surface area contributed by atoms with Crippen molar-refractivity contribution in [3.8, 4) is 6.07 Å². The Hall–Kier alpha value is -2.96. The normalized spacial score (nSPS) is 18.7. The minimum atomic E-state index is -0.487. The van der Waals surface area contributed by atoms with E-state index in [-0.39, 0.29) is 18.4 Å². The molecule has 1 atom stereocenters. The molecule has 2 fully saturated rings. The average Bonchev–Trinajstić information content (AvgIpc) is 3.32. The lowest BCUT2D eigenvalue weighted by atomic mass is 9.84. The van der Waals surface area contributed by atoms with Gasteiger partial charge >= 0.3 is 0 Å². The molecule has 1 unspecified atom stereocenters. The predicted octanol–water partition coefficient (Wildman–Crippen LogP) is 3.46. The number of rotatable bonds is 7. The van der Waals surface area contributed by atoms with Gasteiger partial charge in [0.25, 0.3) is 0 Å². The Labute approximate surface area is 192 Å². The van der Waals surface area contributed by atoms with Crippen molar-refractivity contribution in [3.63, 3.8) is 0 Å². The lowest BCUT2D eigenvalue weighted by Crippen LogP contribution is -2.58. The molecule has 4 rings (SSSR count). The Morgan fingerprint density at radius 3 is 2.84 bits per heavy atom. The number of carbonyl (C=O) groups is 2. The van der Waals surface area contributed by atoms with E-state index in [0.717, 1.165) is 18.5 Å². The van der Waals surface area contributed by atoms with Gasteiger partial charge in [0.15, 0.2) is 5.13 Å². The van der Waals surface area contributed by atoms with E-state index in [9.17, 15) is 9.59 Å². The Morgan fingerprint density at radius 1 is 1.28 bits per heavy atom. The number of amides is 2. The van der Waals surface area contributed by atoms with Crippen molar-refractivity contribution in [2.45, 2.75) is 44.6 Å². The summed E-state index contributed by atoms with van der Waals surface area (Å²) in [5.74, 6) is 0.241. The van der Waals surface area contributed by atoms with Crippen LogP contribution in [0.15, 0.2) is 35.8 Å². The molecule has 168 valence electrons. The van der Waals surface area contributed by atoms with Crippen LogP contribution in [0.5, 0.6) is 0 Å². The standard InChI is InChI=1S/C23H28N6O2S/c24-15-18-7-4-8-19(13-18)27-28-10-11-29(21(30)16-28)20(14-17-5-2-1-3-6-17)22(31)26-23-25-9-12-32-23/h4,7-9,12-13,17,20,27H,1-3,5-6,10-11,14,16H2,(H,25,26,31). The van der Waals surface area contributed by atoms with Gasteiger partial charge in [-0.1, -0.05) is 38.2 Å². The SMILES string of the molecule is N#Cc1cccc(NN2CCN(C(CC3CCCCC3)C(=O)Nc3nccs3)C(=O)C2)c1. The van der Waals surface area contributed by atoms with Crippen LogP contribution in [0, 0.1) is 17.2 Å². The van der Waals surface area contributed by atoms with Gasteiger partial charge in [-0.05, 0) is 30.5 Å². The molecule has 2 N–H and O–H groups in total. The number of nitrogens with one attached hydrogen (secondary N) is 2. The summed E-state index contributed by atoms with van der Waals surface area (Å²) < 4.78 is 0. The molecule has 9 heteroatoms. The number of nitriles is 1. The van der Waals surface area contributed by atoms with Crippen LogP contribution in [0.2, 0.25) is 0 Å². The summed E-state index contributed by atoms with van der Waals surface area (Å²) in [5, 5.41) is 16.2. The summed E-state index contributed by atoms with van der Waals surface area (Å²) in [6, 6.07) is 8.80. The van der Waals surface area contributed by atoms with Gasteiger partial charge < -0.3 is 15.6 Å². The molecule has 2 aromatic rings. The van der Waals surface area contributed by atoms with E-state index in [4.69, 9.17) is 5.26 Å². The highest BCUT2D eigenvalue weighted by Gasteiger charge is 2.36. The Kier molecular flexibility index (Phi) is 7.35. The molecule has 2 aliphatic rings. The molecular weight excluding hydrogens is 424 g/mol. The number of carbonyl (C=O) groups excluding carboxylic acids is 2. The topological polar surface area (TPSA) is 101 Å². The van der Waals surface area contributed by atoms with Crippen molar-refractivity contribution in [1.82, 2.24) is 14.9 Å². The largest absolute Gasteiger partial charge is 0.328 e. The van der Waals surface area contributed by atoms with Gasteiger partial charge in [0.1, 0.15) is 6.04 Å². The second-order valence-corrected chi connectivity index (χ2v) is 9.29. The van der Waals surface area contributed by atoms with Crippen LogP contribution in [-0.2, 0) is 9.59 Å². The molecule has 1 saturated carbocycles. The van der Waals surface area contributed by atoms with Crippen molar-refractivity contribution < 1.29 is 9.59 Å². The summed E-state index contributed by atoms with van der Waals surface area (Å²) in [6.07, 6.45) is 8.23. The highest BCUT2D eigenvalue weighted by molar-refractivity contribution is 7.13. The molecule has 0 radical (unpaired) electrons. The van der Waals surface area contributed by atoms with Crippen molar-refractivity contribution >= 4 is 34.0 Å². The minimum Gasteiger partial charge on any atom is -0.328 e. The van der Waals surface area contributed by atoms with Crippen molar-refractivity contribution in [1.29, 1.82) is 5.26 Å². The van der Waals surface area contributed by atoms with Gasteiger partial charge in [-0.15, -0.1) is 11.3 Å². The maximum Gasteiger partial charge on any atom is 0.248 e. The first-order valence-electron chi connectivity index (χ1n) is 11.1. The first kappa shape index (κ1) is 22.2. The maximum atomic E-state index is 13.2.